The summed E-state index contributed by atoms with van der Waals surface area (Å²) in [7, 11) is 4.80. The van der Waals surface area contributed by atoms with E-state index in [-0.39, 0.29) is 12.7 Å². The minimum Gasteiger partial charge on any atom is -0.496 e. The Hall–Kier alpha value is -3.42. The molecule has 1 saturated carbocycles. The van der Waals surface area contributed by atoms with E-state index in [9.17, 15) is 5.11 Å². The molecule has 176 valence electrons. The number of hydrogen-bond acceptors (Lipinski definition) is 7. The van der Waals surface area contributed by atoms with Crippen LogP contribution >= 0.6 is 0 Å². The maximum absolute atomic E-state index is 11.7. The molecule has 0 amide bonds. The Morgan fingerprint density at radius 2 is 1.68 bits per heavy atom. The Bertz CT molecular complexity index is 1240. The number of aliphatic hydroxyl groups is 1. The fraction of sp³-hybridized carbons (Fsp3) is 0.333. The maximum Gasteiger partial charge on any atom is 0.231 e. The molecule has 3 aromatic carbocycles. The zero-order valence-electron chi connectivity index (χ0n) is 19.2. The van der Waals surface area contributed by atoms with Gasteiger partial charge in [0.25, 0.3) is 0 Å². The van der Waals surface area contributed by atoms with Crippen LogP contribution in [0.15, 0.2) is 60.7 Å². The number of hydrogen-bond donors (Lipinski definition) is 1. The van der Waals surface area contributed by atoms with E-state index >= 15 is 0 Å². The molecule has 4 atom stereocenters. The van der Waals surface area contributed by atoms with E-state index in [2.05, 4.69) is 12.1 Å². The topological polar surface area (TPSA) is 75.6 Å². The molecule has 1 fully saturated rings. The van der Waals surface area contributed by atoms with Crippen LogP contribution in [0.1, 0.15) is 29.0 Å². The van der Waals surface area contributed by atoms with Crippen LogP contribution in [0.2, 0.25) is 0 Å². The zero-order valence-corrected chi connectivity index (χ0v) is 19.2. The Kier molecular flexibility index (Phi) is 4.69. The van der Waals surface area contributed by atoms with Gasteiger partial charge in [0, 0.05) is 30.7 Å². The van der Waals surface area contributed by atoms with Crippen molar-refractivity contribution in [3.05, 3.63) is 77.4 Å². The fourth-order valence-electron chi connectivity index (χ4n) is 6.07. The number of benzene rings is 3. The molecule has 3 aromatic rings. The number of ether oxygens (including phenoxy) is 6. The van der Waals surface area contributed by atoms with Gasteiger partial charge in [-0.3, -0.25) is 0 Å². The van der Waals surface area contributed by atoms with Crippen molar-refractivity contribution in [1.29, 1.82) is 0 Å². The summed E-state index contributed by atoms with van der Waals surface area (Å²) in [5.74, 6) is 2.75. The van der Waals surface area contributed by atoms with E-state index < -0.39 is 17.3 Å². The molecule has 1 N–H and O–H groups in total. The molecule has 2 aliphatic heterocycles. The van der Waals surface area contributed by atoms with Gasteiger partial charge in [-0.25, -0.2) is 0 Å². The van der Waals surface area contributed by atoms with Crippen molar-refractivity contribution >= 4 is 0 Å². The molecule has 0 bridgehead atoms. The minimum absolute atomic E-state index is 0.165. The van der Waals surface area contributed by atoms with E-state index in [0.29, 0.717) is 40.7 Å². The molecular weight excluding hydrogens is 436 g/mol. The highest BCUT2D eigenvalue weighted by Crippen LogP contribution is 2.70. The van der Waals surface area contributed by atoms with Gasteiger partial charge in [-0.2, -0.15) is 0 Å². The predicted octanol–water partition coefficient (Wildman–Crippen LogP) is 4.11. The van der Waals surface area contributed by atoms with E-state index in [1.54, 1.807) is 27.4 Å². The van der Waals surface area contributed by atoms with Crippen LogP contribution in [0.3, 0.4) is 0 Å². The zero-order chi connectivity index (χ0) is 23.5. The first-order valence-corrected chi connectivity index (χ1v) is 11.2. The van der Waals surface area contributed by atoms with Gasteiger partial charge in [-0.15, -0.1) is 0 Å². The maximum atomic E-state index is 11.7. The van der Waals surface area contributed by atoms with E-state index in [4.69, 9.17) is 28.4 Å². The molecule has 7 nitrogen and oxygen atoms in total. The molecule has 0 saturated heterocycles. The third-order valence-corrected chi connectivity index (χ3v) is 7.43. The molecule has 7 heteroatoms. The van der Waals surface area contributed by atoms with Crippen molar-refractivity contribution in [3.8, 4) is 28.7 Å². The highest BCUT2D eigenvalue weighted by molar-refractivity contribution is 5.63. The third-order valence-electron chi connectivity index (χ3n) is 7.43. The summed E-state index contributed by atoms with van der Waals surface area (Å²) in [6.45, 7) is 0.165. The van der Waals surface area contributed by atoms with E-state index in [0.717, 1.165) is 11.1 Å². The second-order valence-electron chi connectivity index (χ2n) is 8.76. The SMILES string of the molecule is COc1cc(OC)c2c(c1)O[C@@]1(c3ccc4c(c3)OCO4)C(c3ccccc3)C[C@H](O)[C@@]21OC. The lowest BCUT2D eigenvalue weighted by molar-refractivity contribution is -0.170. The minimum atomic E-state index is -1.24. The largest absolute Gasteiger partial charge is 0.496 e. The highest BCUT2D eigenvalue weighted by Gasteiger charge is 2.74. The lowest BCUT2D eigenvalue weighted by Gasteiger charge is -2.43. The second kappa shape index (κ2) is 7.55. The molecule has 0 radical (unpaired) electrons. The summed E-state index contributed by atoms with van der Waals surface area (Å²) in [6, 6.07) is 19.5. The first kappa shape index (κ1) is 21.1. The lowest BCUT2D eigenvalue weighted by Crippen LogP contribution is -2.53. The normalized spacial score (nSPS) is 28.2. The van der Waals surface area contributed by atoms with Crippen LogP contribution in [0, 0.1) is 0 Å². The quantitative estimate of drug-likeness (QED) is 0.612. The van der Waals surface area contributed by atoms with Crippen LogP contribution in [0.5, 0.6) is 28.7 Å². The van der Waals surface area contributed by atoms with Gasteiger partial charge in [0.05, 0.1) is 25.9 Å². The summed E-state index contributed by atoms with van der Waals surface area (Å²) in [5.41, 5.74) is 0.180. The van der Waals surface area contributed by atoms with Crippen LogP contribution in [-0.4, -0.2) is 39.3 Å². The Morgan fingerprint density at radius 1 is 0.882 bits per heavy atom. The molecule has 2 heterocycles. The summed E-state index contributed by atoms with van der Waals surface area (Å²) in [5, 5.41) is 11.7. The molecule has 0 spiro atoms. The number of aliphatic hydroxyl groups excluding tert-OH is 1. The van der Waals surface area contributed by atoms with Crippen LogP contribution in [0.4, 0.5) is 0 Å². The molecule has 6 rings (SSSR count). The van der Waals surface area contributed by atoms with Crippen molar-refractivity contribution < 1.29 is 33.5 Å². The molecule has 1 unspecified atom stereocenters. The summed E-state index contributed by atoms with van der Waals surface area (Å²) >= 11 is 0. The first-order valence-electron chi connectivity index (χ1n) is 11.2. The molecular formula is C27H26O7. The monoisotopic (exact) mass is 462 g/mol. The third kappa shape index (κ3) is 2.54. The molecule has 3 aliphatic rings. The summed E-state index contributed by atoms with van der Waals surface area (Å²) < 4.78 is 35.8. The number of fused-ring (bicyclic) bond motifs is 4. The Morgan fingerprint density at radius 3 is 2.41 bits per heavy atom. The van der Waals surface area contributed by atoms with Gasteiger partial charge >= 0.3 is 0 Å². The standard InChI is InChI=1S/C27H26O7/c1-29-18-12-22(30-2)25-23(13-18)34-26(17-9-10-20-21(11-17)33-15-32-20)19(16-7-5-4-6-8-16)14-24(28)27(25,26)31-3/h4-13,19,24,28H,14-15H2,1-3H3/t19?,24-,26-,27+/m0/s1. The van der Waals surface area contributed by atoms with Crippen molar-refractivity contribution in [2.75, 3.05) is 28.1 Å². The summed E-state index contributed by atoms with van der Waals surface area (Å²) in [4.78, 5) is 0. The van der Waals surface area contributed by atoms with Gasteiger partial charge in [-0.1, -0.05) is 36.4 Å². The van der Waals surface area contributed by atoms with Crippen molar-refractivity contribution in [3.63, 3.8) is 0 Å². The van der Waals surface area contributed by atoms with E-state index in [1.807, 2.05) is 42.5 Å². The molecule has 34 heavy (non-hydrogen) atoms. The van der Waals surface area contributed by atoms with Gasteiger partial charge in [0.2, 0.25) is 6.79 Å². The number of rotatable bonds is 5. The Balaban J connectivity index is 1.67. The van der Waals surface area contributed by atoms with Crippen LogP contribution in [0.25, 0.3) is 0 Å². The van der Waals surface area contributed by atoms with Crippen molar-refractivity contribution in [2.24, 2.45) is 0 Å². The molecule has 0 aromatic heterocycles. The predicted molar refractivity (Wildman–Crippen MR) is 123 cm³/mol. The average molecular weight is 462 g/mol. The van der Waals surface area contributed by atoms with E-state index in [1.165, 1.54) is 0 Å². The number of methoxy groups -OCH3 is 3. The van der Waals surface area contributed by atoms with Gasteiger partial charge < -0.3 is 33.5 Å². The average Bonchev–Trinajstić information content (AvgIpc) is 3.53. The fourth-order valence-corrected chi connectivity index (χ4v) is 6.07. The van der Waals surface area contributed by atoms with Crippen molar-refractivity contribution in [1.82, 2.24) is 0 Å². The first-order chi connectivity index (χ1) is 16.6. The second-order valence-corrected chi connectivity index (χ2v) is 8.76. The lowest BCUT2D eigenvalue weighted by atomic mass is 9.71. The van der Waals surface area contributed by atoms with Gasteiger partial charge in [0.15, 0.2) is 22.7 Å². The highest BCUT2D eigenvalue weighted by atomic mass is 16.7. The summed E-state index contributed by atoms with van der Waals surface area (Å²) in [6.07, 6.45) is -0.447. The van der Waals surface area contributed by atoms with Crippen molar-refractivity contribution in [2.45, 2.75) is 29.6 Å². The van der Waals surface area contributed by atoms with Crippen LogP contribution < -0.4 is 23.7 Å². The Labute approximate surface area is 197 Å². The van der Waals surface area contributed by atoms with Gasteiger partial charge in [0.1, 0.15) is 17.2 Å². The molecule has 1 aliphatic carbocycles. The van der Waals surface area contributed by atoms with Gasteiger partial charge in [-0.05, 0) is 24.1 Å². The van der Waals surface area contributed by atoms with Crippen LogP contribution in [-0.2, 0) is 15.9 Å². The smallest absolute Gasteiger partial charge is 0.231 e.